The van der Waals surface area contributed by atoms with Crippen molar-refractivity contribution in [3.05, 3.63) is 40.1 Å². The Morgan fingerprint density at radius 1 is 1.26 bits per heavy atom. The van der Waals surface area contributed by atoms with Gasteiger partial charge in [0, 0.05) is 29.8 Å². The van der Waals surface area contributed by atoms with Gasteiger partial charge >= 0.3 is 0 Å². The van der Waals surface area contributed by atoms with Crippen LogP contribution in [0.3, 0.4) is 0 Å². The highest BCUT2D eigenvalue weighted by Crippen LogP contribution is 2.35. The van der Waals surface area contributed by atoms with E-state index in [1.807, 2.05) is 27.8 Å². The van der Waals surface area contributed by atoms with Gasteiger partial charge in [-0.25, -0.2) is 4.98 Å². The standard InChI is InChI=1S/C20H31N5O2/c1-12(2)17(13(3)18(21-6)25-20(5)8-9-20)19(26)22-11-15-10-16(27-7)24-14(4)23-15/h10,21,25H,8-9,11H2,1-7H3,(H,22,26)/b18-13-. The Bertz CT molecular complexity index is 775. The molecule has 1 aromatic heterocycles. The molecule has 1 aliphatic carbocycles. The number of methoxy groups -OCH3 is 1. The number of ether oxygens (including phenoxy) is 1. The first-order chi connectivity index (χ1) is 12.7. The van der Waals surface area contributed by atoms with Crippen LogP contribution in [0.2, 0.25) is 0 Å². The lowest BCUT2D eigenvalue weighted by atomic mass is 10.0. The van der Waals surface area contributed by atoms with Gasteiger partial charge in [0.25, 0.3) is 5.91 Å². The van der Waals surface area contributed by atoms with Crippen LogP contribution in [0, 0.1) is 6.92 Å². The van der Waals surface area contributed by atoms with Gasteiger partial charge in [0.15, 0.2) is 0 Å². The summed E-state index contributed by atoms with van der Waals surface area (Å²) in [5, 5.41) is 9.69. The molecule has 7 nitrogen and oxygen atoms in total. The number of carbonyl (C=O) groups is 1. The Labute approximate surface area is 161 Å². The highest BCUT2D eigenvalue weighted by Gasteiger charge is 2.38. The number of aromatic nitrogens is 2. The average molecular weight is 374 g/mol. The normalized spacial score (nSPS) is 15.4. The molecule has 0 aliphatic heterocycles. The van der Waals surface area contributed by atoms with Crippen LogP contribution < -0.4 is 20.7 Å². The molecule has 2 rings (SSSR count). The number of carbonyl (C=O) groups excluding carboxylic acids is 1. The SMILES string of the molecule is CN/C(NC1(C)CC1)=C(\C)C(C(=O)NCc1cc(OC)nc(C)n1)=C(C)C. The van der Waals surface area contributed by atoms with Crippen molar-refractivity contribution in [2.45, 2.75) is 59.5 Å². The zero-order chi connectivity index (χ0) is 20.2. The van der Waals surface area contributed by atoms with Gasteiger partial charge in [0.05, 0.1) is 19.3 Å². The summed E-state index contributed by atoms with van der Waals surface area (Å²) in [4.78, 5) is 21.4. The zero-order valence-corrected chi connectivity index (χ0v) is 17.4. The largest absolute Gasteiger partial charge is 0.481 e. The van der Waals surface area contributed by atoms with Crippen molar-refractivity contribution in [2.75, 3.05) is 14.2 Å². The van der Waals surface area contributed by atoms with Gasteiger partial charge in [0.2, 0.25) is 5.88 Å². The van der Waals surface area contributed by atoms with E-state index in [4.69, 9.17) is 4.74 Å². The Morgan fingerprint density at radius 2 is 1.93 bits per heavy atom. The molecule has 1 aromatic rings. The average Bonchev–Trinajstić information content (AvgIpc) is 3.34. The molecule has 7 heteroatoms. The first kappa shape index (κ1) is 20.7. The molecule has 3 N–H and O–H groups in total. The van der Waals surface area contributed by atoms with E-state index in [2.05, 4.69) is 32.8 Å². The predicted octanol–water partition coefficient (Wildman–Crippen LogP) is 2.34. The van der Waals surface area contributed by atoms with Crippen LogP contribution in [0.1, 0.15) is 52.1 Å². The number of hydrogen-bond donors (Lipinski definition) is 3. The smallest absolute Gasteiger partial charge is 0.251 e. The van der Waals surface area contributed by atoms with Crippen LogP contribution in [0.25, 0.3) is 0 Å². The Kier molecular flexibility index (Phi) is 6.46. The van der Waals surface area contributed by atoms with Gasteiger partial charge in [-0.15, -0.1) is 0 Å². The molecule has 1 saturated carbocycles. The predicted molar refractivity (Wildman–Crippen MR) is 106 cm³/mol. The second-order valence-corrected chi connectivity index (χ2v) is 7.44. The van der Waals surface area contributed by atoms with Crippen molar-refractivity contribution in [2.24, 2.45) is 0 Å². The van der Waals surface area contributed by atoms with E-state index in [1.165, 1.54) is 0 Å². The molecule has 1 aliphatic rings. The van der Waals surface area contributed by atoms with Gasteiger partial charge < -0.3 is 20.7 Å². The lowest BCUT2D eigenvalue weighted by Gasteiger charge is -2.21. The van der Waals surface area contributed by atoms with Crippen molar-refractivity contribution < 1.29 is 9.53 Å². The summed E-state index contributed by atoms with van der Waals surface area (Å²) in [6, 6.07) is 1.73. The summed E-state index contributed by atoms with van der Waals surface area (Å²) in [7, 11) is 3.43. The first-order valence-corrected chi connectivity index (χ1v) is 9.20. The quantitative estimate of drug-likeness (QED) is 0.479. The minimum Gasteiger partial charge on any atom is -0.481 e. The molecule has 27 heavy (non-hydrogen) atoms. The molecule has 0 aromatic carbocycles. The van der Waals surface area contributed by atoms with E-state index in [-0.39, 0.29) is 11.4 Å². The molecule has 0 saturated heterocycles. The highest BCUT2D eigenvalue weighted by atomic mass is 16.5. The summed E-state index contributed by atoms with van der Waals surface area (Å²) in [6.07, 6.45) is 2.27. The summed E-state index contributed by atoms with van der Waals surface area (Å²) in [6.45, 7) is 10.1. The van der Waals surface area contributed by atoms with Crippen molar-refractivity contribution in [3.8, 4) is 5.88 Å². The molecular weight excluding hydrogens is 342 g/mol. The Morgan fingerprint density at radius 3 is 2.44 bits per heavy atom. The van der Waals surface area contributed by atoms with E-state index in [1.54, 1.807) is 20.1 Å². The van der Waals surface area contributed by atoms with Crippen LogP contribution in [-0.4, -0.2) is 35.6 Å². The number of nitrogens with zero attached hydrogens (tertiary/aromatic N) is 2. The second-order valence-electron chi connectivity index (χ2n) is 7.44. The fraction of sp³-hybridized carbons (Fsp3) is 0.550. The molecular formula is C20H31N5O2. The van der Waals surface area contributed by atoms with Gasteiger partial charge in [-0.1, -0.05) is 5.57 Å². The summed E-state index contributed by atoms with van der Waals surface area (Å²) in [5.41, 5.74) is 3.36. The molecule has 0 radical (unpaired) electrons. The van der Waals surface area contributed by atoms with E-state index < -0.39 is 0 Å². The molecule has 1 amide bonds. The minimum atomic E-state index is -0.127. The van der Waals surface area contributed by atoms with E-state index in [0.717, 1.165) is 29.8 Å². The molecule has 1 heterocycles. The molecule has 0 unspecified atom stereocenters. The van der Waals surface area contributed by atoms with Crippen LogP contribution >= 0.6 is 0 Å². The maximum atomic E-state index is 12.9. The third kappa shape index (κ3) is 5.45. The van der Waals surface area contributed by atoms with E-state index in [9.17, 15) is 4.79 Å². The van der Waals surface area contributed by atoms with Gasteiger partial charge in [-0.2, -0.15) is 4.98 Å². The first-order valence-electron chi connectivity index (χ1n) is 9.20. The molecule has 0 spiro atoms. The molecule has 1 fully saturated rings. The lowest BCUT2D eigenvalue weighted by Crippen LogP contribution is -2.35. The maximum Gasteiger partial charge on any atom is 0.251 e. The minimum absolute atomic E-state index is 0.123. The Hall–Kier alpha value is -2.57. The monoisotopic (exact) mass is 373 g/mol. The van der Waals surface area contributed by atoms with E-state index >= 15 is 0 Å². The van der Waals surface area contributed by atoms with Crippen molar-refractivity contribution in [3.63, 3.8) is 0 Å². The van der Waals surface area contributed by atoms with Crippen molar-refractivity contribution in [1.82, 2.24) is 25.9 Å². The second kappa shape index (κ2) is 8.41. The maximum absolute atomic E-state index is 12.9. The number of nitrogens with one attached hydrogen (secondary N) is 3. The number of allylic oxidation sites excluding steroid dienone is 1. The number of amides is 1. The van der Waals surface area contributed by atoms with Crippen molar-refractivity contribution in [1.29, 1.82) is 0 Å². The van der Waals surface area contributed by atoms with Crippen LogP contribution in [0.5, 0.6) is 5.88 Å². The molecule has 148 valence electrons. The van der Waals surface area contributed by atoms with Gasteiger partial charge in [0.1, 0.15) is 11.6 Å². The molecule has 0 bridgehead atoms. The number of hydrogen-bond acceptors (Lipinski definition) is 6. The lowest BCUT2D eigenvalue weighted by molar-refractivity contribution is -0.117. The fourth-order valence-corrected chi connectivity index (χ4v) is 2.91. The third-order valence-corrected chi connectivity index (χ3v) is 4.66. The molecule has 0 atom stereocenters. The number of aryl methyl sites for hydroxylation is 1. The summed E-state index contributed by atoms with van der Waals surface area (Å²) < 4.78 is 5.17. The topological polar surface area (TPSA) is 88.2 Å². The highest BCUT2D eigenvalue weighted by molar-refractivity contribution is 5.98. The third-order valence-electron chi connectivity index (χ3n) is 4.66. The van der Waals surface area contributed by atoms with E-state index in [0.29, 0.717) is 29.5 Å². The fourth-order valence-electron chi connectivity index (χ4n) is 2.91. The van der Waals surface area contributed by atoms with Crippen LogP contribution in [0.15, 0.2) is 28.6 Å². The number of rotatable bonds is 8. The van der Waals surface area contributed by atoms with Crippen LogP contribution in [0.4, 0.5) is 0 Å². The van der Waals surface area contributed by atoms with Gasteiger partial charge in [-0.05, 0) is 47.5 Å². The summed E-state index contributed by atoms with van der Waals surface area (Å²) >= 11 is 0. The summed E-state index contributed by atoms with van der Waals surface area (Å²) in [5.74, 6) is 1.86. The van der Waals surface area contributed by atoms with Crippen LogP contribution in [-0.2, 0) is 11.3 Å². The van der Waals surface area contributed by atoms with Gasteiger partial charge in [-0.3, -0.25) is 4.79 Å². The Balaban J connectivity index is 2.18. The van der Waals surface area contributed by atoms with Crippen molar-refractivity contribution >= 4 is 5.91 Å². The zero-order valence-electron chi connectivity index (χ0n) is 17.4.